The number of amides is 2. The van der Waals surface area contributed by atoms with Crippen molar-refractivity contribution in [1.82, 2.24) is 10.3 Å². The molecule has 0 bridgehead atoms. The number of rotatable bonds is 5. The summed E-state index contributed by atoms with van der Waals surface area (Å²) < 4.78 is 10.6. The molecule has 5 rings (SSSR count). The van der Waals surface area contributed by atoms with Gasteiger partial charge in [-0.05, 0) is 41.8 Å². The van der Waals surface area contributed by atoms with Crippen LogP contribution in [0.5, 0.6) is 11.5 Å². The number of hydrogen-bond donors (Lipinski definition) is 2. The lowest BCUT2D eigenvalue weighted by molar-refractivity contribution is -0.136. The first kappa shape index (κ1) is 19.9. The van der Waals surface area contributed by atoms with Gasteiger partial charge in [-0.3, -0.25) is 14.6 Å². The number of anilines is 2. The van der Waals surface area contributed by atoms with E-state index in [0.29, 0.717) is 17.2 Å². The predicted octanol–water partition coefficient (Wildman–Crippen LogP) is 2.67. The maximum absolute atomic E-state index is 12.6. The molecule has 0 spiro atoms. The second-order valence-electron chi connectivity index (χ2n) is 7.61. The molecule has 2 aromatic carbocycles. The number of fused-ring (bicyclic) bond motifs is 2. The Morgan fingerprint density at radius 1 is 1.03 bits per heavy atom. The molecule has 0 aliphatic carbocycles. The number of nitrogens with zero attached hydrogens (tertiary/aromatic N) is 2. The number of ether oxygens (including phenoxy) is 2. The third-order valence-electron chi connectivity index (χ3n) is 5.66. The van der Waals surface area contributed by atoms with Gasteiger partial charge in [0.2, 0.25) is 6.79 Å². The number of carbonyl (C=O) groups is 2. The quantitative estimate of drug-likeness (QED) is 0.605. The van der Waals surface area contributed by atoms with Gasteiger partial charge < -0.3 is 25.0 Å². The minimum absolute atomic E-state index is 0.141. The summed E-state index contributed by atoms with van der Waals surface area (Å²) in [5.74, 6) is -0.301. The zero-order valence-corrected chi connectivity index (χ0v) is 17.3. The number of hydrogen-bond acceptors (Lipinski definition) is 6. The van der Waals surface area contributed by atoms with Crippen LogP contribution in [0.4, 0.5) is 11.4 Å². The van der Waals surface area contributed by atoms with Gasteiger partial charge in [0.25, 0.3) is 0 Å². The molecule has 32 heavy (non-hydrogen) atoms. The van der Waals surface area contributed by atoms with E-state index < -0.39 is 11.8 Å². The van der Waals surface area contributed by atoms with Crippen molar-refractivity contribution < 1.29 is 19.1 Å². The Labute approximate surface area is 185 Å². The first-order valence-electron chi connectivity index (χ1n) is 10.4. The van der Waals surface area contributed by atoms with Crippen molar-refractivity contribution in [1.29, 1.82) is 0 Å². The van der Waals surface area contributed by atoms with Gasteiger partial charge in [-0.2, -0.15) is 0 Å². The van der Waals surface area contributed by atoms with E-state index in [2.05, 4.69) is 32.7 Å². The molecule has 1 atom stereocenters. The highest BCUT2D eigenvalue weighted by Crippen LogP contribution is 2.35. The molecule has 0 unspecified atom stereocenters. The molecule has 1 aromatic heterocycles. The maximum Gasteiger partial charge on any atom is 0.313 e. The van der Waals surface area contributed by atoms with Crippen molar-refractivity contribution in [3.63, 3.8) is 0 Å². The highest BCUT2D eigenvalue weighted by atomic mass is 16.7. The Hall–Kier alpha value is -4.07. The van der Waals surface area contributed by atoms with Gasteiger partial charge in [0, 0.05) is 42.9 Å². The smallest absolute Gasteiger partial charge is 0.313 e. The number of pyridine rings is 1. The summed E-state index contributed by atoms with van der Waals surface area (Å²) in [7, 11) is 0. The van der Waals surface area contributed by atoms with Crippen LogP contribution >= 0.6 is 0 Å². The van der Waals surface area contributed by atoms with Crippen LogP contribution in [0.1, 0.15) is 17.2 Å². The van der Waals surface area contributed by atoms with Crippen molar-refractivity contribution in [2.75, 3.05) is 30.1 Å². The van der Waals surface area contributed by atoms with Gasteiger partial charge in [-0.1, -0.05) is 24.3 Å². The highest BCUT2D eigenvalue weighted by Gasteiger charge is 2.28. The second kappa shape index (κ2) is 8.58. The summed E-state index contributed by atoms with van der Waals surface area (Å²) in [4.78, 5) is 31.5. The minimum atomic E-state index is -0.740. The van der Waals surface area contributed by atoms with Crippen LogP contribution < -0.4 is 25.0 Å². The standard InChI is InChI=1S/C24H22N4O4/c29-23(24(30)27-18-7-8-21-22(12-18)32-15-31-21)26-14-20(17-5-3-10-25-13-17)28-11-9-16-4-1-2-6-19(16)28/h1-8,10,12-13,20H,9,11,14-15H2,(H,26,29)(H,27,30)/t20-/m0/s1. The molecule has 2 amide bonds. The molecule has 2 aliphatic rings. The Bertz CT molecular complexity index is 1150. The van der Waals surface area contributed by atoms with Crippen LogP contribution in [0, 0.1) is 0 Å². The van der Waals surface area contributed by atoms with Gasteiger partial charge in [-0.15, -0.1) is 0 Å². The molecule has 3 aromatic rings. The number of nitrogens with one attached hydrogen (secondary N) is 2. The summed E-state index contributed by atoms with van der Waals surface area (Å²) >= 11 is 0. The van der Waals surface area contributed by atoms with Crippen LogP contribution in [0.25, 0.3) is 0 Å². The molecule has 0 radical (unpaired) electrons. The van der Waals surface area contributed by atoms with Crippen LogP contribution in [0.3, 0.4) is 0 Å². The van der Waals surface area contributed by atoms with Crippen molar-refractivity contribution >= 4 is 23.2 Å². The number of para-hydroxylation sites is 1. The van der Waals surface area contributed by atoms with Gasteiger partial charge in [-0.25, -0.2) is 0 Å². The summed E-state index contributed by atoms with van der Waals surface area (Å²) in [6.45, 7) is 1.24. The molecule has 0 fully saturated rings. The topological polar surface area (TPSA) is 92.8 Å². The fourth-order valence-corrected chi connectivity index (χ4v) is 4.10. The monoisotopic (exact) mass is 430 g/mol. The van der Waals surface area contributed by atoms with Crippen LogP contribution in [0.15, 0.2) is 67.0 Å². The fraction of sp³-hybridized carbons (Fsp3) is 0.208. The van der Waals surface area contributed by atoms with E-state index >= 15 is 0 Å². The van der Waals surface area contributed by atoms with Crippen LogP contribution in [0.2, 0.25) is 0 Å². The summed E-state index contributed by atoms with van der Waals surface area (Å²) in [5, 5.41) is 5.39. The molecule has 2 aliphatic heterocycles. The largest absolute Gasteiger partial charge is 0.454 e. The normalized spacial score (nSPS) is 14.6. The maximum atomic E-state index is 12.6. The van der Waals surface area contributed by atoms with E-state index in [-0.39, 0.29) is 19.4 Å². The van der Waals surface area contributed by atoms with E-state index in [4.69, 9.17) is 9.47 Å². The first-order chi connectivity index (χ1) is 15.7. The van der Waals surface area contributed by atoms with Crippen molar-refractivity contribution in [3.05, 3.63) is 78.1 Å². The Morgan fingerprint density at radius 2 is 1.91 bits per heavy atom. The summed E-state index contributed by atoms with van der Waals surface area (Å²) in [5.41, 5.74) is 3.85. The Morgan fingerprint density at radius 3 is 2.78 bits per heavy atom. The number of carbonyl (C=O) groups excluding carboxylic acids is 2. The molecule has 0 saturated carbocycles. The molecule has 8 nitrogen and oxygen atoms in total. The van der Waals surface area contributed by atoms with Gasteiger partial charge >= 0.3 is 11.8 Å². The predicted molar refractivity (Wildman–Crippen MR) is 119 cm³/mol. The number of benzene rings is 2. The lowest BCUT2D eigenvalue weighted by atomic mass is 10.1. The van der Waals surface area contributed by atoms with E-state index in [0.717, 1.165) is 24.2 Å². The SMILES string of the molecule is O=C(NC[C@@H](c1cccnc1)N1CCc2ccccc21)C(=O)Nc1ccc2c(c1)OCO2. The minimum Gasteiger partial charge on any atom is -0.454 e. The van der Waals surface area contributed by atoms with E-state index in [1.165, 1.54) is 5.56 Å². The zero-order chi connectivity index (χ0) is 21.9. The average molecular weight is 430 g/mol. The lowest BCUT2D eigenvalue weighted by Crippen LogP contribution is -2.41. The van der Waals surface area contributed by atoms with E-state index in [1.54, 1.807) is 30.6 Å². The van der Waals surface area contributed by atoms with Gasteiger partial charge in [0.15, 0.2) is 11.5 Å². The van der Waals surface area contributed by atoms with Crippen LogP contribution in [-0.4, -0.2) is 36.7 Å². The Balaban J connectivity index is 1.28. The molecule has 8 heteroatoms. The van der Waals surface area contributed by atoms with Crippen LogP contribution in [-0.2, 0) is 16.0 Å². The Kier molecular flexibility index (Phi) is 5.33. The first-order valence-corrected chi connectivity index (χ1v) is 10.4. The molecule has 3 heterocycles. The van der Waals surface area contributed by atoms with Gasteiger partial charge in [0.1, 0.15) is 0 Å². The number of aromatic nitrogens is 1. The van der Waals surface area contributed by atoms with E-state index in [1.807, 2.05) is 24.3 Å². The third-order valence-corrected chi connectivity index (χ3v) is 5.66. The lowest BCUT2D eigenvalue weighted by Gasteiger charge is -2.30. The molecular formula is C24H22N4O4. The molecule has 162 valence electrons. The summed E-state index contributed by atoms with van der Waals surface area (Å²) in [6, 6.07) is 16.9. The second-order valence-corrected chi connectivity index (χ2v) is 7.61. The highest BCUT2D eigenvalue weighted by molar-refractivity contribution is 6.39. The average Bonchev–Trinajstić information content (AvgIpc) is 3.47. The molecule has 0 saturated heterocycles. The molecular weight excluding hydrogens is 408 g/mol. The fourth-order valence-electron chi connectivity index (χ4n) is 4.10. The third kappa shape index (κ3) is 3.94. The molecule has 2 N–H and O–H groups in total. The zero-order valence-electron chi connectivity index (χ0n) is 17.3. The van der Waals surface area contributed by atoms with Crippen molar-refractivity contribution in [2.24, 2.45) is 0 Å². The van der Waals surface area contributed by atoms with Gasteiger partial charge in [0.05, 0.1) is 6.04 Å². The van der Waals surface area contributed by atoms with Crippen molar-refractivity contribution in [3.8, 4) is 11.5 Å². The van der Waals surface area contributed by atoms with E-state index in [9.17, 15) is 9.59 Å². The van der Waals surface area contributed by atoms with Crippen molar-refractivity contribution in [2.45, 2.75) is 12.5 Å². The summed E-state index contributed by atoms with van der Waals surface area (Å²) in [6.07, 6.45) is 4.45.